The maximum atomic E-state index is 6.31. The van der Waals surface area contributed by atoms with Crippen LogP contribution in [0.2, 0.25) is 5.02 Å². The standard InChI is InChI=1S/C14H21ClN2/c1-10-6-5-9-17(10)14(11(2)16)12-7-3-4-8-13(12)15/h3-4,7-8,10-11,14H,5-6,9,16H2,1-2H3. The highest BCUT2D eigenvalue weighted by molar-refractivity contribution is 6.31. The Morgan fingerprint density at radius 2 is 2.12 bits per heavy atom. The number of hydrogen-bond acceptors (Lipinski definition) is 2. The Bertz CT molecular complexity index is 378. The van der Waals surface area contributed by atoms with Crippen molar-refractivity contribution in [2.24, 2.45) is 5.73 Å². The fraction of sp³-hybridized carbons (Fsp3) is 0.571. The van der Waals surface area contributed by atoms with Crippen molar-refractivity contribution in [2.45, 2.75) is 44.8 Å². The van der Waals surface area contributed by atoms with E-state index in [1.54, 1.807) is 0 Å². The first-order valence-corrected chi connectivity index (χ1v) is 6.75. The van der Waals surface area contributed by atoms with Crippen molar-refractivity contribution in [3.05, 3.63) is 34.9 Å². The van der Waals surface area contributed by atoms with Gasteiger partial charge in [-0.3, -0.25) is 4.90 Å². The number of rotatable bonds is 3. The summed E-state index contributed by atoms with van der Waals surface area (Å²) in [6, 6.07) is 8.99. The second-order valence-corrected chi connectivity index (χ2v) is 5.46. The van der Waals surface area contributed by atoms with Gasteiger partial charge in [-0.1, -0.05) is 29.8 Å². The third kappa shape index (κ3) is 2.65. The summed E-state index contributed by atoms with van der Waals surface area (Å²) in [6.45, 7) is 5.47. The van der Waals surface area contributed by atoms with Crippen molar-refractivity contribution >= 4 is 11.6 Å². The molecular weight excluding hydrogens is 232 g/mol. The molecule has 0 saturated carbocycles. The summed E-state index contributed by atoms with van der Waals surface area (Å²) in [5, 5.41) is 0.828. The minimum absolute atomic E-state index is 0.0930. The summed E-state index contributed by atoms with van der Waals surface area (Å²) in [4.78, 5) is 2.49. The first kappa shape index (κ1) is 12.9. The molecule has 1 saturated heterocycles. The quantitative estimate of drug-likeness (QED) is 0.895. The van der Waals surface area contributed by atoms with Crippen molar-refractivity contribution in [3.63, 3.8) is 0 Å². The molecule has 3 unspecified atom stereocenters. The molecule has 0 spiro atoms. The summed E-state index contributed by atoms with van der Waals surface area (Å²) in [5.41, 5.74) is 7.34. The highest BCUT2D eigenvalue weighted by atomic mass is 35.5. The molecule has 3 heteroatoms. The van der Waals surface area contributed by atoms with Gasteiger partial charge in [0.2, 0.25) is 0 Å². The van der Waals surface area contributed by atoms with E-state index in [4.69, 9.17) is 17.3 Å². The van der Waals surface area contributed by atoms with E-state index in [0.29, 0.717) is 6.04 Å². The predicted octanol–water partition coefficient (Wildman–Crippen LogP) is 3.21. The van der Waals surface area contributed by atoms with Gasteiger partial charge in [-0.2, -0.15) is 0 Å². The minimum atomic E-state index is 0.0930. The molecule has 1 aromatic rings. The smallest absolute Gasteiger partial charge is 0.0514 e. The Hall–Kier alpha value is -0.570. The lowest BCUT2D eigenvalue weighted by Gasteiger charge is -2.35. The molecule has 0 aromatic heterocycles. The van der Waals surface area contributed by atoms with Crippen LogP contribution in [0.4, 0.5) is 0 Å². The molecule has 1 aromatic carbocycles. The monoisotopic (exact) mass is 252 g/mol. The Labute approximate surface area is 109 Å². The zero-order valence-electron chi connectivity index (χ0n) is 10.6. The number of hydrogen-bond donors (Lipinski definition) is 1. The number of likely N-dealkylation sites (tertiary alicyclic amines) is 1. The van der Waals surface area contributed by atoms with E-state index in [2.05, 4.69) is 24.8 Å². The number of nitrogens with two attached hydrogens (primary N) is 1. The molecule has 1 fully saturated rings. The van der Waals surface area contributed by atoms with Crippen LogP contribution < -0.4 is 5.73 Å². The molecule has 3 atom stereocenters. The van der Waals surface area contributed by atoms with Gasteiger partial charge < -0.3 is 5.73 Å². The molecule has 0 bridgehead atoms. The van der Waals surface area contributed by atoms with E-state index in [1.807, 2.05) is 18.2 Å². The Morgan fingerprint density at radius 1 is 1.41 bits per heavy atom. The number of halogens is 1. The maximum absolute atomic E-state index is 6.31. The Balaban J connectivity index is 2.32. The fourth-order valence-electron chi connectivity index (χ4n) is 2.85. The van der Waals surface area contributed by atoms with Crippen LogP contribution in [0.3, 0.4) is 0 Å². The summed E-state index contributed by atoms with van der Waals surface area (Å²) in [6.07, 6.45) is 2.52. The van der Waals surface area contributed by atoms with Crippen LogP contribution in [-0.2, 0) is 0 Å². The van der Waals surface area contributed by atoms with Gasteiger partial charge in [0.25, 0.3) is 0 Å². The van der Waals surface area contributed by atoms with E-state index < -0.39 is 0 Å². The third-order valence-corrected chi connectivity index (χ3v) is 4.03. The van der Waals surface area contributed by atoms with E-state index in [-0.39, 0.29) is 12.1 Å². The van der Waals surface area contributed by atoms with Crippen molar-refractivity contribution in [3.8, 4) is 0 Å². The fourth-order valence-corrected chi connectivity index (χ4v) is 3.10. The normalized spacial score (nSPS) is 24.8. The van der Waals surface area contributed by atoms with Gasteiger partial charge in [-0.25, -0.2) is 0 Å². The molecule has 0 radical (unpaired) electrons. The average Bonchev–Trinajstić information content (AvgIpc) is 2.68. The SMILES string of the molecule is CC(N)C(c1ccccc1Cl)N1CCCC1C. The van der Waals surface area contributed by atoms with Crippen LogP contribution in [0.5, 0.6) is 0 Å². The van der Waals surface area contributed by atoms with E-state index >= 15 is 0 Å². The molecule has 2 rings (SSSR count). The Kier molecular flexibility index (Phi) is 4.08. The van der Waals surface area contributed by atoms with E-state index in [0.717, 1.165) is 17.1 Å². The largest absolute Gasteiger partial charge is 0.326 e. The molecule has 1 aliphatic heterocycles. The zero-order valence-corrected chi connectivity index (χ0v) is 11.3. The first-order valence-electron chi connectivity index (χ1n) is 6.37. The van der Waals surface area contributed by atoms with Gasteiger partial charge in [-0.05, 0) is 44.9 Å². The molecule has 1 aliphatic rings. The van der Waals surface area contributed by atoms with Crippen LogP contribution in [0, 0.1) is 0 Å². The first-order chi connectivity index (χ1) is 8.11. The van der Waals surface area contributed by atoms with E-state index in [9.17, 15) is 0 Å². The van der Waals surface area contributed by atoms with Crippen molar-refractivity contribution < 1.29 is 0 Å². The lowest BCUT2D eigenvalue weighted by atomic mass is 9.98. The van der Waals surface area contributed by atoms with Gasteiger partial charge >= 0.3 is 0 Å². The van der Waals surface area contributed by atoms with Crippen molar-refractivity contribution in [1.82, 2.24) is 4.90 Å². The van der Waals surface area contributed by atoms with Crippen LogP contribution in [0.25, 0.3) is 0 Å². The maximum Gasteiger partial charge on any atom is 0.0514 e. The highest BCUT2D eigenvalue weighted by Gasteiger charge is 2.31. The van der Waals surface area contributed by atoms with Gasteiger partial charge in [0.15, 0.2) is 0 Å². The predicted molar refractivity (Wildman–Crippen MR) is 73.2 cm³/mol. The molecule has 94 valence electrons. The third-order valence-electron chi connectivity index (χ3n) is 3.68. The molecule has 0 amide bonds. The summed E-state index contributed by atoms with van der Waals surface area (Å²) >= 11 is 6.31. The molecule has 2 N–H and O–H groups in total. The zero-order chi connectivity index (χ0) is 12.4. The number of benzene rings is 1. The second-order valence-electron chi connectivity index (χ2n) is 5.05. The summed E-state index contributed by atoms with van der Waals surface area (Å²) in [7, 11) is 0. The topological polar surface area (TPSA) is 29.3 Å². The summed E-state index contributed by atoms with van der Waals surface area (Å²) < 4.78 is 0. The van der Waals surface area contributed by atoms with Gasteiger partial charge in [0.1, 0.15) is 0 Å². The molecular formula is C14H21ClN2. The van der Waals surface area contributed by atoms with Gasteiger partial charge in [-0.15, -0.1) is 0 Å². The highest BCUT2D eigenvalue weighted by Crippen LogP contribution is 2.34. The molecule has 2 nitrogen and oxygen atoms in total. The Morgan fingerprint density at radius 3 is 2.65 bits per heavy atom. The lowest BCUT2D eigenvalue weighted by Crippen LogP contribution is -2.41. The lowest BCUT2D eigenvalue weighted by molar-refractivity contribution is 0.170. The summed E-state index contributed by atoms with van der Waals surface area (Å²) in [5.74, 6) is 0. The van der Waals surface area contributed by atoms with Crippen LogP contribution >= 0.6 is 11.6 Å². The molecule has 1 heterocycles. The van der Waals surface area contributed by atoms with Crippen LogP contribution in [0.15, 0.2) is 24.3 Å². The number of nitrogens with zero attached hydrogens (tertiary/aromatic N) is 1. The molecule has 17 heavy (non-hydrogen) atoms. The van der Waals surface area contributed by atoms with Crippen molar-refractivity contribution in [2.75, 3.05) is 6.54 Å². The molecule has 0 aliphatic carbocycles. The van der Waals surface area contributed by atoms with Gasteiger partial charge in [0, 0.05) is 17.1 Å². The van der Waals surface area contributed by atoms with Crippen molar-refractivity contribution in [1.29, 1.82) is 0 Å². The minimum Gasteiger partial charge on any atom is -0.326 e. The van der Waals surface area contributed by atoms with E-state index in [1.165, 1.54) is 12.8 Å². The average molecular weight is 253 g/mol. The van der Waals surface area contributed by atoms with Crippen LogP contribution in [0.1, 0.15) is 38.3 Å². The second kappa shape index (κ2) is 5.38. The van der Waals surface area contributed by atoms with Gasteiger partial charge in [0.05, 0.1) is 6.04 Å². The van der Waals surface area contributed by atoms with Crippen LogP contribution in [-0.4, -0.2) is 23.5 Å².